The molecule has 1 atom stereocenters. The average Bonchev–Trinajstić information content (AvgIpc) is 2.62. The van der Waals surface area contributed by atoms with Crippen molar-refractivity contribution in [1.82, 2.24) is 5.32 Å². The van der Waals surface area contributed by atoms with Crippen molar-refractivity contribution in [3.63, 3.8) is 0 Å². The summed E-state index contributed by atoms with van der Waals surface area (Å²) in [5.41, 5.74) is 2.66. The molecule has 2 heteroatoms. The molecule has 1 fully saturated rings. The van der Waals surface area contributed by atoms with Gasteiger partial charge in [0.1, 0.15) is 5.75 Å². The van der Waals surface area contributed by atoms with E-state index < -0.39 is 0 Å². The van der Waals surface area contributed by atoms with E-state index in [-0.39, 0.29) is 5.41 Å². The minimum absolute atomic E-state index is 0.00702. The summed E-state index contributed by atoms with van der Waals surface area (Å²) in [5, 5.41) is 3.44. The molecule has 3 rings (SSSR count). The zero-order valence-electron chi connectivity index (χ0n) is 14.2. The lowest BCUT2D eigenvalue weighted by molar-refractivity contribution is 0.218. The number of hydrogen-bond acceptors (Lipinski definition) is 2. The highest BCUT2D eigenvalue weighted by atomic mass is 16.5. The molecule has 2 nitrogen and oxygen atoms in total. The number of piperidine rings is 1. The Bertz CT molecular complexity index is 597. The third-order valence-electron chi connectivity index (χ3n) is 4.96. The highest BCUT2D eigenvalue weighted by Crippen LogP contribution is 2.32. The number of ether oxygens (including phenoxy) is 1. The van der Waals surface area contributed by atoms with Gasteiger partial charge in [0.05, 0.1) is 6.61 Å². The van der Waals surface area contributed by atoms with Crippen LogP contribution in [0, 0.1) is 5.92 Å². The zero-order chi connectivity index (χ0) is 16.1. The van der Waals surface area contributed by atoms with Gasteiger partial charge in [-0.3, -0.25) is 0 Å². The van der Waals surface area contributed by atoms with Crippen molar-refractivity contribution >= 4 is 0 Å². The van der Waals surface area contributed by atoms with Crippen LogP contribution in [-0.2, 0) is 5.41 Å². The molecule has 0 aliphatic carbocycles. The van der Waals surface area contributed by atoms with E-state index in [0.717, 1.165) is 25.4 Å². The summed E-state index contributed by atoms with van der Waals surface area (Å²) in [6.07, 6.45) is 2.53. The Morgan fingerprint density at radius 1 is 1.00 bits per heavy atom. The molecule has 1 aliphatic rings. The highest BCUT2D eigenvalue weighted by Gasteiger charge is 2.22. The van der Waals surface area contributed by atoms with Gasteiger partial charge in [-0.15, -0.1) is 0 Å². The second kappa shape index (κ2) is 7.18. The number of nitrogens with one attached hydrogen (secondary N) is 1. The molecule has 0 aromatic heterocycles. The topological polar surface area (TPSA) is 21.3 Å². The monoisotopic (exact) mass is 309 g/mol. The van der Waals surface area contributed by atoms with Crippen molar-refractivity contribution in [2.75, 3.05) is 19.7 Å². The van der Waals surface area contributed by atoms with Crippen molar-refractivity contribution in [3.8, 4) is 5.75 Å². The maximum atomic E-state index is 5.98. The van der Waals surface area contributed by atoms with Crippen LogP contribution in [-0.4, -0.2) is 19.7 Å². The van der Waals surface area contributed by atoms with Crippen LogP contribution in [0.2, 0.25) is 0 Å². The van der Waals surface area contributed by atoms with Crippen molar-refractivity contribution in [2.24, 2.45) is 5.92 Å². The smallest absolute Gasteiger partial charge is 0.119 e. The van der Waals surface area contributed by atoms with Crippen LogP contribution in [0.1, 0.15) is 37.8 Å². The lowest BCUT2D eigenvalue weighted by atomic mass is 9.78. The van der Waals surface area contributed by atoms with Gasteiger partial charge in [-0.05, 0) is 42.6 Å². The third-order valence-corrected chi connectivity index (χ3v) is 4.96. The average molecular weight is 309 g/mol. The summed E-state index contributed by atoms with van der Waals surface area (Å²) in [6, 6.07) is 19.3. The van der Waals surface area contributed by atoms with Crippen LogP contribution in [0.3, 0.4) is 0 Å². The number of hydrogen-bond donors (Lipinski definition) is 1. The van der Waals surface area contributed by atoms with E-state index in [1.54, 1.807) is 0 Å². The zero-order valence-corrected chi connectivity index (χ0v) is 14.2. The normalized spacial score (nSPS) is 18.6. The Kier molecular flexibility index (Phi) is 5.02. The first-order valence-electron chi connectivity index (χ1n) is 8.66. The fraction of sp³-hybridized carbons (Fsp3) is 0.429. The molecule has 122 valence electrons. The van der Waals surface area contributed by atoms with Gasteiger partial charge in [0.15, 0.2) is 0 Å². The van der Waals surface area contributed by atoms with Crippen LogP contribution < -0.4 is 10.1 Å². The molecule has 0 radical (unpaired) electrons. The first-order chi connectivity index (χ1) is 11.2. The van der Waals surface area contributed by atoms with E-state index >= 15 is 0 Å². The number of rotatable bonds is 5. The summed E-state index contributed by atoms with van der Waals surface area (Å²) in [5.74, 6) is 1.62. The Morgan fingerprint density at radius 2 is 1.70 bits per heavy atom. The highest BCUT2D eigenvalue weighted by molar-refractivity contribution is 5.39. The second-order valence-electron chi connectivity index (χ2n) is 7.04. The molecule has 23 heavy (non-hydrogen) atoms. The van der Waals surface area contributed by atoms with Crippen molar-refractivity contribution < 1.29 is 4.74 Å². The van der Waals surface area contributed by atoms with Crippen LogP contribution >= 0.6 is 0 Å². The fourth-order valence-electron chi connectivity index (χ4n) is 3.27. The molecule has 1 heterocycles. The standard InChI is InChI=1S/C21H27NO/c1-21(2,18-8-4-3-5-9-18)19-10-12-20(13-11-19)23-16-17-7-6-14-22-15-17/h3-5,8-13,17,22H,6-7,14-16H2,1-2H3. The minimum atomic E-state index is 0.00702. The molecule has 0 bridgehead atoms. The van der Waals surface area contributed by atoms with E-state index in [9.17, 15) is 0 Å². The van der Waals surface area contributed by atoms with E-state index in [4.69, 9.17) is 4.74 Å². The predicted octanol–water partition coefficient (Wildman–Crippen LogP) is 4.39. The quantitative estimate of drug-likeness (QED) is 0.884. The van der Waals surface area contributed by atoms with E-state index in [0.29, 0.717) is 5.92 Å². The summed E-state index contributed by atoms with van der Waals surface area (Å²) >= 11 is 0. The molecule has 1 aliphatic heterocycles. The number of benzene rings is 2. The molecule has 0 amide bonds. The maximum Gasteiger partial charge on any atom is 0.119 e. The first-order valence-corrected chi connectivity index (χ1v) is 8.66. The molecule has 0 saturated carbocycles. The van der Waals surface area contributed by atoms with Crippen molar-refractivity contribution in [3.05, 3.63) is 65.7 Å². The fourth-order valence-corrected chi connectivity index (χ4v) is 3.27. The van der Waals surface area contributed by atoms with Crippen LogP contribution in [0.4, 0.5) is 0 Å². The Balaban J connectivity index is 1.64. The van der Waals surface area contributed by atoms with E-state index in [1.807, 2.05) is 0 Å². The Morgan fingerprint density at radius 3 is 2.35 bits per heavy atom. The van der Waals surface area contributed by atoms with Gasteiger partial charge in [0.25, 0.3) is 0 Å². The first kappa shape index (κ1) is 16.1. The summed E-state index contributed by atoms with van der Waals surface area (Å²) < 4.78 is 5.98. The van der Waals surface area contributed by atoms with Crippen molar-refractivity contribution in [1.29, 1.82) is 0 Å². The molecular formula is C21H27NO. The van der Waals surface area contributed by atoms with Gasteiger partial charge in [0, 0.05) is 17.9 Å². The second-order valence-corrected chi connectivity index (χ2v) is 7.04. The van der Waals surface area contributed by atoms with Crippen LogP contribution in [0.25, 0.3) is 0 Å². The molecule has 0 spiro atoms. The molecule has 1 N–H and O–H groups in total. The largest absolute Gasteiger partial charge is 0.493 e. The van der Waals surface area contributed by atoms with Gasteiger partial charge in [-0.25, -0.2) is 0 Å². The van der Waals surface area contributed by atoms with E-state index in [2.05, 4.69) is 73.8 Å². The molecular weight excluding hydrogens is 282 g/mol. The maximum absolute atomic E-state index is 5.98. The van der Waals surface area contributed by atoms with Crippen LogP contribution in [0.5, 0.6) is 5.75 Å². The van der Waals surface area contributed by atoms with Gasteiger partial charge in [0.2, 0.25) is 0 Å². The van der Waals surface area contributed by atoms with Gasteiger partial charge < -0.3 is 10.1 Å². The molecule has 2 aromatic carbocycles. The lowest BCUT2D eigenvalue weighted by Gasteiger charge is -2.26. The Hall–Kier alpha value is -1.80. The Labute approximate surface area is 139 Å². The van der Waals surface area contributed by atoms with E-state index in [1.165, 1.54) is 24.0 Å². The molecule has 1 saturated heterocycles. The minimum Gasteiger partial charge on any atom is -0.493 e. The molecule has 2 aromatic rings. The van der Waals surface area contributed by atoms with Gasteiger partial charge in [-0.1, -0.05) is 56.3 Å². The summed E-state index contributed by atoms with van der Waals surface area (Å²) in [6.45, 7) is 7.59. The van der Waals surface area contributed by atoms with Gasteiger partial charge >= 0.3 is 0 Å². The third kappa shape index (κ3) is 3.94. The summed E-state index contributed by atoms with van der Waals surface area (Å²) in [4.78, 5) is 0. The van der Waals surface area contributed by atoms with Gasteiger partial charge in [-0.2, -0.15) is 0 Å². The summed E-state index contributed by atoms with van der Waals surface area (Å²) in [7, 11) is 0. The SMILES string of the molecule is CC(C)(c1ccccc1)c1ccc(OCC2CCCNC2)cc1. The lowest BCUT2D eigenvalue weighted by Crippen LogP contribution is -2.33. The predicted molar refractivity (Wildman–Crippen MR) is 96.1 cm³/mol. The van der Waals surface area contributed by atoms with Crippen LogP contribution in [0.15, 0.2) is 54.6 Å². The van der Waals surface area contributed by atoms with Crippen molar-refractivity contribution in [2.45, 2.75) is 32.1 Å². The molecule has 1 unspecified atom stereocenters.